The number of nitrogens with zero attached hydrogens (tertiary/aromatic N) is 2. The van der Waals surface area contributed by atoms with Crippen LogP contribution in [-0.2, 0) is 6.54 Å². The fraction of sp³-hybridized carbons (Fsp3) is 0.357. The van der Waals surface area contributed by atoms with Crippen molar-refractivity contribution >= 4 is 0 Å². The zero-order valence-electron chi connectivity index (χ0n) is 10.5. The van der Waals surface area contributed by atoms with Crippen LogP contribution in [0.5, 0.6) is 5.88 Å². The SMILES string of the molecule is CCn1nc(O)c(-c2ccccc2)c1C(C)C. The van der Waals surface area contributed by atoms with E-state index in [1.165, 1.54) is 0 Å². The van der Waals surface area contributed by atoms with Crippen molar-refractivity contribution in [3.63, 3.8) is 0 Å². The van der Waals surface area contributed by atoms with Gasteiger partial charge in [-0.1, -0.05) is 44.2 Å². The molecule has 0 amide bonds. The second-order valence-electron chi connectivity index (χ2n) is 4.42. The van der Waals surface area contributed by atoms with Crippen LogP contribution in [0.25, 0.3) is 11.1 Å². The first kappa shape index (κ1) is 11.7. The molecule has 0 aliphatic carbocycles. The molecule has 1 aromatic carbocycles. The molecule has 0 aliphatic rings. The number of aromatic hydroxyl groups is 1. The minimum absolute atomic E-state index is 0.127. The first-order valence-corrected chi connectivity index (χ1v) is 6.00. The molecule has 0 unspecified atom stereocenters. The van der Waals surface area contributed by atoms with Crippen LogP contribution in [0.15, 0.2) is 30.3 Å². The highest BCUT2D eigenvalue weighted by Crippen LogP contribution is 2.35. The van der Waals surface area contributed by atoms with Gasteiger partial charge < -0.3 is 5.11 Å². The van der Waals surface area contributed by atoms with E-state index >= 15 is 0 Å². The standard InChI is InChI=1S/C14H18N2O/c1-4-16-13(10(2)3)12(14(17)15-16)11-8-6-5-7-9-11/h5-10H,4H2,1-3H3,(H,15,17). The van der Waals surface area contributed by atoms with Crippen molar-refractivity contribution in [3.05, 3.63) is 36.0 Å². The van der Waals surface area contributed by atoms with E-state index in [4.69, 9.17) is 0 Å². The number of benzene rings is 1. The Morgan fingerprint density at radius 1 is 1.24 bits per heavy atom. The van der Waals surface area contributed by atoms with Crippen LogP contribution in [0, 0.1) is 0 Å². The Kier molecular flexibility index (Phi) is 3.18. The van der Waals surface area contributed by atoms with Gasteiger partial charge >= 0.3 is 0 Å². The summed E-state index contributed by atoms with van der Waals surface area (Å²) in [7, 11) is 0. The van der Waals surface area contributed by atoms with Crippen LogP contribution in [0.4, 0.5) is 0 Å². The van der Waals surface area contributed by atoms with Gasteiger partial charge in [-0.15, -0.1) is 5.10 Å². The Bertz CT molecular complexity index is 500. The third-order valence-electron chi connectivity index (χ3n) is 2.88. The Morgan fingerprint density at radius 2 is 1.88 bits per heavy atom. The van der Waals surface area contributed by atoms with Gasteiger partial charge in [0.15, 0.2) is 0 Å². The Hall–Kier alpha value is -1.77. The zero-order valence-corrected chi connectivity index (χ0v) is 10.5. The summed E-state index contributed by atoms with van der Waals surface area (Å²) in [5, 5.41) is 14.2. The second kappa shape index (κ2) is 4.62. The maximum absolute atomic E-state index is 10.0. The normalized spacial score (nSPS) is 11.1. The van der Waals surface area contributed by atoms with Crippen molar-refractivity contribution in [2.24, 2.45) is 0 Å². The Balaban J connectivity index is 2.64. The van der Waals surface area contributed by atoms with E-state index in [0.717, 1.165) is 23.4 Å². The van der Waals surface area contributed by atoms with Crippen molar-refractivity contribution in [2.45, 2.75) is 33.2 Å². The van der Waals surface area contributed by atoms with Crippen molar-refractivity contribution < 1.29 is 5.11 Å². The summed E-state index contributed by atoms with van der Waals surface area (Å²) in [6, 6.07) is 9.93. The highest BCUT2D eigenvalue weighted by Gasteiger charge is 2.20. The first-order valence-electron chi connectivity index (χ1n) is 6.00. The monoisotopic (exact) mass is 230 g/mol. The van der Waals surface area contributed by atoms with Crippen molar-refractivity contribution in [2.75, 3.05) is 0 Å². The van der Waals surface area contributed by atoms with Crippen LogP contribution in [-0.4, -0.2) is 14.9 Å². The van der Waals surface area contributed by atoms with E-state index < -0.39 is 0 Å². The molecule has 1 heterocycles. The largest absolute Gasteiger partial charge is 0.492 e. The van der Waals surface area contributed by atoms with Gasteiger partial charge in [-0.3, -0.25) is 4.68 Å². The van der Waals surface area contributed by atoms with E-state index in [1.807, 2.05) is 41.9 Å². The lowest BCUT2D eigenvalue weighted by atomic mass is 9.99. The zero-order chi connectivity index (χ0) is 12.4. The molecule has 2 rings (SSSR count). The summed E-state index contributed by atoms with van der Waals surface area (Å²) >= 11 is 0. The predicted octanol–water partition coefficient (Wildman–Crippen LogP) is 3.40. The summed E-state index contributed by atoms with van der Waals surface area (Å²) in [6.45, 7) is 7.05. The van der Waals surface area contributed by atoms with Gasteiger partial charge in [0.05, 0.1) is 11.3 Å². The third kappa shape index (κ3) is 2.05. The van der Waals surface area contributed by atoms with E-state index in [9.17, 15) is 5.11 Å². The molecule has 0 atom stereocenters. The third-order valence-corrected chi connectivity index (χ3v) is 2.88. The minimum atomic E-state index is 0.127. The summed E-state index contributed by atoms with van der Waals surface area (Å²) in [4.78, 5) is 0. The molecule has 0 radical (unpaired) electrons. The fourth-order valence-electron chi connectivity index (χ4n) is 2.17. The Morgan fingerprint density at radius 3 is 2.41 bits per heavy atom. The van der Waals surface area contributed by atoms with Gasteiger partial charge in [0.25, 0.3) is 0 Å². The number of aromatic nitrogens is 2. The second-order valence-corrected chi connectivity index (χ2v) is 4.42. The van der Waals surface area contributed by atoms with Crippen molar-refractivity contribution in [1.82, 2.24) is 9.78 Å². The van der Waals surface area contributed by atoms with E-state index in [-0.39, 0.29) is 5.88 Å². The van der Waals surface area contributed by atoms with Gasteiger partial charge in [-0.25, -0.2) is 0 Å². The number of aryl methyl sites for hydroxylation is 1. The molecule has 0 fully saturated rings. The molecule has 90 valence electrons. The highest BCUT2D eigenvalue weighted by molar-refractivity contribution is 5.71. The molecule has 1 N–H and O–H groups in total. The molecule has 17 heavy (non-hydrogen) atoms. The molecule has 0 aliphatic heterocycles. The van der Waals surface area contributed by atoms with Crippen LogP contribution >= 0.6 is 0 Å². The van der Waals surface area contributed by atoms with E-state index in [0.29, 0.717) is 5.92 Å². The molecule has 3 nitrogen and oxygen atoms in total. The van der Waals surface area contributed by atoms with Gasteiger partial charge in [-0.05, 0) is 18.4 Å². The minimum Gasteiger partial charge on any atom is -0.492 e. The van der Waals surface area contributed by atoms with E-state index in [1.54, 1.807) is 0 Å². The topological polar surface area (TPSA) is 38.0 Å². The quantitative estimate of drug-likeness (QED) is 0.877. The molecular formula is C14H18N2O. The van der Waals surface area contributed by atoms with Gasteiger partial charge in [0, 0.05) is 6.54 Å². The maximum Gasteiger partial charge on any atom is 0.238 e. The van der Waals surface area contributed by atoms with E-state index in [2.05, 4.69) is 18.9 Å². The summed E-state index contributed by atoms with van der Waals surface area (Å²) in [6.07, 6.45) is 0. The van der Waals surface area contributed by atoms with Gasteiger partial charge in [0.1, 0.15) is 0 Å². The molecule has 3 heteroatoms. The summed E-state index contributed by atoms with van der Waals surface area (Å²) in [5.74, 6) is 0.459. The number of rotatable bonds is 3. The fourth-order valence-corrected chi connectivity index (χ4v) is 2.17. The van der Waals surface area contributed by atoms with Crippen LogP contribution in [0.2, 0.25) is 0 Å². The smallest absolute Gasteiger partial charge is 0.238 e. The van der Waals surface area contributed by atoms with Crippen molar-refractivity contribution in [1.29, 1.82) is 0 Å². The van der Waals surface area contributed by atoms with Crippen LogP contribution in [0.1, 0.15) is 32.4 Å². The molecular weight excluding hydrogens is 212 g/mol. The Labute approximate surface area is 102 Å². The average Bonchev–Trinajstić information content (AvgIpc) is 2.67. The molecule has 0 bridgehead atoms. The predicted molar refractivity (Wildman–Crippen MR) is 69.1 cm³/mol. The molecule has 1 aromatic heterocycles. The average molecular weight is 230 g/mol. The maximum atomic E-state index is 10.0. The van der Waals surface area contributed by atoms with Crippen LogP contribution in [0.3, 0.4) is 0 Å². The first-order chi connectivity index (χ1) is 8.15. The number of hydrogen-bond donors (Lipinski definition) is 1. The molecule has 0 saturated carbocycles. The molecule has 0 saturated heterocycles. The van der Waals surface area contributed by atoms with Crippen molar-refractivity contribution in [3.8, 4) is 17.0 Å². The lowest BCUT2D eigenvalue weighted by Crippen LogP contribution is -2.04. The lowest BCUT2D eigenvalue weighted by molar-refractivity contribution is 0.439. The molecule has 0 spiro atoms. The van der Waals surface area contributed by atoms with Gasteiger partial charge in [-0.2, -0.15) is 0 Å². The summed E-state index contributed by atoms with van der Waals surface area (Å²) in [5.41, 5.74) is 2.98. The summed E-state index contributed by atoms with van der Waals surface area (Å²) < 4.78 is 1.88. The van der Waals surface area contributed by atoms with Gasteiger partial charge in [0.2, 0.25) is 5.88 Å². The molecule has 2 aromatic rings. The van der Waals surface area contributed by atoms with Crippen LogP contribution < -0.4 is 0 Å². The lowest BCUT2D eigenvalue weighted by Gasteiger charge is -2.10. The highest BCUT2D eigenvalue weighted by atomic mass is 16.3. The number of hydrogen-bond acceptors (Lipinski definition) is 2.